The van der Waals surface area contributed by atoms with Crippen molar-refractivity contribution in [2.24, 2.45) is 0 Å². The first-order valence-electron chi connectivity index (χ1n) is 6.10. The van der Waals surface area contributed by atoms with E-state index in [0.29, 0.717) is 6.04 Å². The smallest absolute Gasteiger partial charge is 0.0594 e. The number of nitrogens with zero attached hydrogens (tertiary/aromatic N) is 1. The highest BCUT2D eigenvalue weighted by Crippen LogP contribution is 2.08. The normalized spacial score (nSPS) is 21.6. The molecule has 0 aromatic heterocycles. The highest BCUT2D eigenvalue weighted by atomic mass is 16.5. The van der Waals surface area contributed by atoms with E-state index in [9.17, 15) is 0 Å². The van der Waals surface area contributed by atoms with Crippen molar-refractivity contribution in [3.63, 3.8) is 0 Å². The van der Waals surface area contributed by atoms with Crippen molar-refractivity contribution in [3.05, 3.63) is 0 Å². The van der Waals surface area contributed by atoms with E-state index in [2.05, 4.69) is 37.9 Å². The Morgan fingerprint density at radius 3 is 2.33 bits per heavy atom. The lowest BCUT2D eigenvalue weighted by Crippen LogP contribution is -2.50. The Morgan fingerprint density at radius 2 is 1.87 bits per heavy atom. The van der Waals surface area contributed by atoms with Gasteiger partial charge in [-0.25, -0.2) is 0 Å². The average Bonchev–Trinajstić information content (AvgIpc) is 2.19. The van der Waals surface area contributed by atoms with Gasteiger partial charge in [0.1, 0.15) is 0 Å². The molecule has 90 valence electrons. The fourth-order valence-corrected chi connectivity index (χ4v) is 1.90. The van der Waals surface area contributed by atoms with Crippen LogP contribution in [0.2, 0.25) is 0 Å². The molecule has 0 bridgehead atoms. The summed E-state index contributed by atoms with van der Waals surface area (Å²) in [4.78, 5) is 2.54. The largest absolute Gasteiger partial charge is 0.379 e. The third kappa shape index (κ3) is 4.96. The molecule has 0 aliphatic carbocycles. The van der Waals surface area contributed by atoms with E-state index in [1.165, 1.54) is 6.42 Å². The number of nitrogens with one attached hydrogen (secondary N) is 1. The molecule has 1 saturated heterocycles. The second kappa shape index (κ2) is 5.83. The maximum atomic E-state index is 5.38. The van der Waals surface area contributed by atoms with Gasteiger partial charge in [-0.3, -0.25) is 4.90 Å². The van der Waals surface area contributed by atoms with Gasteiger partial charge in [-0.2, -0.15) is 0 Å². The molecule has 1 heterocycles. The first-order valence-corrected chi connectivity index (χ1v) is 6.10. The van der Waals surface area contributed by atoms with Crippen LogP contribution in [0.3, 0.4) is 0 Å². The second-order valence-corrected chi connectivity index (χ2v) is 5.34. The van der Waals surface area contributed by atoms with Gasteiger partial charge in [-0.15, -0.1) is 0 Å². The summed E-state index contributed by atoms with van der Waals surface area (Å²) in [6.07, 6.45) is 1.21. The minimum Gasteiger partial charge on any atom is -0.379 e. The molecule has 1 aliphatic rings. The molecular formula is C12H26N2O. The maximum absolute atomic E-state index is 5.38. The van der Waals surface area contributed by atoms with Crippen LogP contribution >= 0.6 is 0 Å². The van der Waals surface area contributed by atoms with E-state index in [1.54, 1.807) is 0 Å². The highest BCUT2D eigenvalue weighted by molar-refractivity contribution is 4.79. The van der Waals surface area contributed by atoms with Gasteiger partial charge in [0.05, 0.1) is 13.2 Å². The van der Waals surface area contributed by atoms with Gasteiger partial charge in [0.15, 0.2) is 0 Å². The Kier molecular flexibility index (Phi) is 5.03. The van der Waals surface area contributed by atoms with E-state index in [4.69, 9.17) is 4.74 Å². The molecule has 0 radical (unpaired) electrons. The monoisotopic (exact) mass is 214 g/mol. The summed E-state index contributed by atoms with van der Waals surface area (Å²) in [6, 6.07) is 0.660. The molecule has 0 aromatic rings. The summed E-state index contributed by atoms with van der Waals surface area (Å²) in [5, 5.41) is 3.59. The fourth-order valence-electron chi connectivity index (χ4n) is 1.90. The van der Waals surface area contributed by atoms with Crippen molar-refractivity contribution in [1.29, 1.82) is 0 Å². The molecule has 0 amide bonds. The number of ether oxygens (including phenoxy) is 1. The highest BCUT2D eigenvalue weighted by Gasteiger charge is 2.20. The van der Waals surface area contributed by atoms with Crippen LogP contribution < -0.4 is 5.32 Å². The molecule has 1 aliphatic heterocycles. The van der Waals surface area contributed by atoms with Crippen molar-refractivity contribution in [2.45, 2.75) is 45.7 Å². The van der Waals surface area contributed by atoms with E-state index >= 15 is 0 Å². The molecule has 3 nitrogen and oxygen atoms in total. The predicted octanol–water partition coefficient (Wildman–Crippen LogP) is 1.49. The molecule has 1 unspecified atom stereocenters. The lowest BCUT2D eigenvalue weighted by atomic mass is 10.1. The first-order chi connectivity index (χ1) is 7.03. The lowest BCUT2D eigenvalue weighted by Gasteiger charge is -2.35. The van der Waals surface area contributed by atoms with Crippen LogP contribution in [0.4, 0.5) is 0 Å². The molecule has 0 saturated carbocycles. The fraction of sp³-hybridized carbons (Fsp3) is 1.00. The topological polar surface area (TPSA) is 24.5 Å². The van der Waals surface area contributed by atoms with Gasteiger partial charge in [-0.1, -0.05) is 6.92 Å². The summed E-state index contributed by atoms with van der Waals surface area (Å²) in [6.45, 7) is 14.0. The molecule has 0 aromatic carbocycles. The predicted molar refractivity (Wildman–Crippen MR) is 64.2 cm³/mol. The molecule has 0 spiro atoms. The van der Waals surface area contributed by atoms with Crippen LogP contribution in [0.15, 0.2) is 0 Å². The summed E-state index contributed by atoms with van der Waals surface area (Å²) in [5.41, 5.74) is 0.222. The van der Waals surface area contributed by atoms with Gasteiger partial charge >= 0.3 is 0 Å². The zero-order valence-electron chi connectivity index (χ0n) is 10.7. The van der Waals surface area contributed by atoms with Gasteiger partial charge in [-0.05, 0) is 27.2 Å². The van der Waals surface area contributed by atoms with Crippen LogP contribution in [0.1, 0.15) is 34.1 Å². The molecule has 1 atom stereocenters. The Bertz CT molecular complexity index is 171. The zero-order valence-corrected chi connectivity index (χ0v) is 10.7. The molecule has 15 heavy (non-hydrogen) atoms. The molecule has 1 N–H and O–H groups in total. The average molecular weight is 214 g/mol. The summed E-state index contributed by atoms with van der Waals surface area (Å²) >= 11 is 0. The number of hydrogen-bond acceptors (Lipinski definition) is 3. The number of rotatable bonds is 4. The van der Waals surface area contributed by atoms with Crippen LogP contribution in [0, 0.1) is 0 Å². The van der Waals surface area contributed by atoms with Crippen LogP contribution in [-0.4, -0.2) is 49.3 Å². The minimum absolute atomic E-state index is 0.222. The van der Waals surface area contributed by atoms with Crippen LogP contribution in [0.25, 0.3) is 0 Å². The number of morpholine rings is 1. The quantitative estimate of drug-likeness (QED) is 0.767. The molecule has 1 rings (SSSR count). The van der Waals surface area contributed by atoms with Crippen molar-refractivity contribution in [1.82, 2.24) is 10.2 Å². The second-order valence-electron chi connectivity index (χ2n) is 5.34. The summed E-state index contributed by atoms with van der Waals surface area (Å²) < 4.78 is 5.38. The van der Waals surface area contributed by atoms with Crippen LogP contribution in [-0.2, 0) is 4.74 Å². The molecule has 1 fully saturated rings. The van der Waals surface area contributed by atoms with Crippen molar-refractivity contribution in [3.8, 4) is 0 Å². The van der Waals surface area contributed by atoms with Gasteiger partial charge < -0.3 is 10.1 Å². The third-order valence-electron chi connectivity index (χ3n) is 2.90. The third-order valence-corrected chi connectivity index (χ3v) is 2.90. The molecule has 3 heteroatoms. The Labute approximate surface area is 94.2 Å². The van der Waals surface area contributed by atoms with Crippen molar-refractivity contribution in [2.75, 3.05) is 32.8 Å². The van der Waals surface area contributed by atoms with Gasteiger partial charge in [0, 0.05) is 31.2 Å². The van der Waals surface area contributed by atoms with Crippen molar-refractivity contribution >= 4 is 0 Å². The molecular weight excluding hydrogens is 188 g/mol. The van der Waals surface area contributed by atoms with E-state index in [1.807, 2.05) is 0 Å². The summed E-state index contributed by atoms with van der Waals surface area (Å²) in [5.74, 6) is 0. The van der Waals surface area contributed by atoms with Gasteiger partial charge in [0.25, 0.3) is 0 Å². The minimum atomic E-state index is 0.222. The van der Waals surface area contributed by atoms with E-state index in [-0.39, 0.29) is 5.54 Å². The first kappa shape index (κ1) is 12.9. The Morgan fingerprint density at radius 1 is 1.27 bits per heavy atom. The Balaban J connectivity index is 2.34. The lowest BCUT2D eigenvalue weighted by molar-refractivity contribution is 0.0148. The standard InChI is InChI=1S/C12H26N2O/c1-5-11(10-13-12(2,3)4)14-6-8-15-9-7-14/h11,13H,5-10H2,1-4H3. The van der Waals surface area contributed by atoms with Gasteiger partial charge in [0.2, 0.25) is 0 Å². The van der Waals surface area contributed by atoms with Crippen molar-refractivity contribution < 1.29 is 4.74 Å². The van der Waals surface area contributed by atoms with E-state index in [0.717, 1.165) is 32.8 Å². The SMILES string of the molecule is CCC(CNC(C)(C)C)N1CCOCC1. The Hall–Kier alpha value is -0.120. The maximum Gasteiger partial charge on any atom is 0.0594 e. The van der Waals surface area contributed by atoms with Crippen LogP contribution in [0.5, 0.6) is 0 Å². The summed E-state index contributed by atoms with van der Waals surface area (Å²) in [7, 11) is 0. The van der Waals surface area contributed by atoms with E-state index < -0.39 is 0 Å². The zero-order chi connectivity index (χ0) is 11.3. The number of hydrogen-bond donors (Lipinski definition) is 1.